The van der Waals surface area contributed by atoms with Gasteiger partial charge in [-0.3, -0.25) is 0 Å². The Kier molecular flexibility index (Phi) is 10.5. The van der Waals surface area contributed by atoms with Crippen molar-refractivity contribution in [3.05, 3.63) is 75.6 Å². The van der Waals surface area contributed by atoms with Crippen LogP contribution in [0.1, 0.15) is 112 Å². The quantitative estimate of drug-likeness (QED) is 0.119. The van der Waals surface area contributed by atoms with Crippen LogP contribution < -0.4 is 10.4 Å². The van der Waals surface area contributed by atoms with Gasteiger partial charge in [-0.1, -0.05) is 107 Å². The molecule has 0 N–H and O–H groups in total. The summed E-state index contributed by atoms with van der Waals surface area (Å²) in [6, 6.07) is 14.4. The maximum absolute atomic E-state index is 13.1. The summed E-state index contributed by atoms with van der Waals surface area (Å²) in [6.45, 7) is 12.1. The predicted octanol–water partition coefficient (Wildman–Crippen LogP) is 11.8. The monoisotopic (exact) mass is 712 g/mol. The van der Waals surface area contributed by atoms with E-state index in [1.54, 1.807) is 12.1 Å². The van der Waals surface area contributed by atoms with E-state index < -0.39 is 11.6 Å². The van der Waals surface area contributed by atoms with Gasteiger partial charge in [-0.15, -0.1) is 0 Å². The van der Waals surface area contributed by atoms with Crippen LogP contribution in [0.25, 0.3) is 22.1 Å². The van der Waals surface area contributed by atoms with Crippen molar-refractivity contribution >= 4 is 28.5 Å². The normalized spacial score (nSPS) is 30.9. The van der Waals surface area contributed by atoms with Gasteiger partial charge in [-0.05, 0) is 115 Å². The first-order valence-electron chi connectivity index (χ1n) is 19.8. The molecule has 6 heteroatoms. The summed E-state index contributed by atoms with van der Waals surface area (Å²) >= 11 is 6.62. The third-order valence-corrected chi connectivity index (χ3v) is 14.2. The molecule has 1 aromatic heterocycles. The molecule has 3 fully saturated rings. The molecule has 274 valence electrons. The van der Waals surface area contributed by atoms with Gasteiger partial charge in [0, 0.05) is 23.9 Å². The lowest BCUT2D eigenvalue weighted by Crippen LogP contribution is -2.52. The van der Waals surface area contributed by atoms with Crippen LogP contribution in [0.5, 0.6) is 5.75 Å². The van der Waals surface area contributed by atoms with Gasteiger partial charge in [0.15, 0.2) is 6.61 Å². The Bertz CT molecular complexity index is 1810. The van der Waals surface area contributed by atoms with Crippen molar-refractivity contribution < 1.29 is 18.7 Å². The average Bonchev–Trinajstić information content (AvgIpc) is 3.10. The van der Waals surface area contributed by atoms with Crippen molar-refractivity contribution in [2.45, 2.75) is 118 Å². The maximum atomic E-state index is 13.1. The molecule has 0 saturated heterocycles. The fraction of sp³-hybridized carbons (Fsp3) is 0.600. The highest BCUT2D eigenvalue weighted by Gasteiger charge is 2.56. The third-order valence-electron chi connectivity index (χ3n) is 13.9. The number of hydrogen-bond acceptors (Lipinski definition) is 5. The smallest absolute Gasteiger partial charge is 0.344 e. The Morgan fingerprint density at radius 1 is 0.980 bits per heavy atom. The van der Waals surface area contributed by atoms with E-state index in [1.165, 1.54) is 69.4 Å². The number of ether oxygens (including phenoxy) is 2. The molecule has 7 rings (SSSR count). The van der Waals surface area contributed by atoms with Gasteiger partial charge < -0.3 is 13.9 Å². The number of carbonyl (C=O) groups excluding carboxylic acids is 1. The van der Waals surface area contributed by atoms with Crippen LogP contribution >= 0.6 is 11.6 Å². The molecule has 4 aliphatic rings. The molecular weight excluding hydrogens is 656 g/mol. The van der Waals surface area contributed by atoms with Crippen molar-refractivity contribution in [3.8, 4) is 16.9 Å². The van der Waals surface area contributed by atoms with Crippen LogP contribution in [-0.4, -0.2) is 18.7 Å². The van der Waals surface area contributed by atoms with Gasteiger partial charge in [0.05, 0.1) is 5.02 Å². The van der Waals surface area contributed by atoms with E-state index in [1.807, 2.05) is 30.3 Å². The zero-order chi connectivity index (χ0) is 35.9. The minimum Gasteiger partial charge on any atom is -0.480 e. The Morgan fingerprint density at radius 3 is 2.57 bits per heavy atom. The molecule has 4 aliphatic carbocycles. The maximum Gasteiger partial charge on any atom is 0.344 e. The number of allylic oxidation sites excluding steroid dienone is 1. The van der Waals surface area contributed by atoms with Gasteiger partial charge in [0.25, 0.3) is 0 Å². The fourth-order valence-corrected chi connectivity index (χ4v) is 11.3. The Morgan fingerprint density at radius 2 is 1.78 bits per heavy atom. The number of esters is 1. The molecule has 2 aromatic carbocycles. The van der Waals surface area contributed by atoms with Crippen molar-refractivity contribution in [1.29, 1.82) is 0 Å². The van der Waals surface area contributed by atoms with E-state index in [9.17, 15) is 9.59 Å². The molecule has 0 unspecified atom stereocenters. The van der Waals surface area contributed by atoms with E-state index in [0.29, 0.717) is 21.4 Å². The average molecular weight is 713 g/mol. The van der Waals surface area contributed by atoms with Crippen molar-refractivity contribution in [1.82, 2.24) is 0 Å². The van der Waals surface area contributed by atoms with Crippen molar-refractivity contribution in [3.63, 3.8) is 0 Å². The minimum absolute atomic E-state index is 0.142. The molecule has 0 amide bonds. The zero-order valence-electron chi connectivity index (χ0n) is 31.3. The topological polar surface area (TPSA) is 65.7 Å². The molecule has 1 heterocycles. The highest BCUT2D eigenvalue weighted by atomic mass is 35.5. The van der Waals surface area contributed by atoms with Crippen LogP contribution in [0, 0.1) is 46.3 Å². The summed E-state index contributed by atoms with van der Waals surface area (Å²) in [5.41, 5.74) is 3.69. The Balaban J connectivity index is 0.959. The number of benzene rings is 2. The zero-order valence-corrected chi connectivity index (χ0v) is 32.1. The van der Waals surface area contributed by atoms with Crippen LogP contribution in [0.2, 0.25) is 5.02 Å². The molecule has 0 spiro atoms. The fourth-order valence-electron chi connectivity index (χ4n) is 11.1. The van der Waals surface area contributed by atoms with E-state index in [2.05, 4.69) is 40.7 Å². The van der Waals surface area contributed by atoms with Gasteiger partial charge >= 0.3 is 11.6 Å². The second kappa shape index (κ2) is 14.8. The van der Waals surface area contributed by atoms with Crippen molar-refractivity contribution in [2.75, 3.05) is 6.61 Å². The van der Waals surface area contributed by atoms with E-state index in [-0.39, 0.29) is 23.9 Å². The summed E-state index contributed by atoms with van der Waals surface area (Å²) in [5, 5.41) is 1.04. The van der Waals surface area contributed by atoms with E-state index >= 15 is 0 Å². The summed E-state index contributed by atoms with van der Waals surface area (Å²) in [6.07, 6.45) is 17.4. The summed E-state index contributed by atoms with van der Waals surface area (Å²) in [4.78, 5) is 25.5. The number of fused-ring (bicyclic) bond motifs is 6. The Labute approximate surface area is 309 Å². The molecule has 0 bridgehead atoms. The largest absolute Gasteiger partial charge is 0.480 e. The van der Waals surface area contributed by atoms with E-state index in [0.717, 1.165) is 65.9 Å². The lowest BCUT2D eigenvalue weighted by molar-refractivity contribution is -0.154. The second-order valence-corrected chi connectivity index (χ2v) is 18.0. The molecule has 0 radical (unpaired) electrons. The van der Waals surface area contributed by atoms with Gasteiger partial charge in [-0.2, -0.15) is 0 Å². The number of halogens is 1. The third kappa shape index (κ3) is 7.44. The highest BCUT2D eigenvalue weighted by Crippen LogP contribution is 2.65. The first-order chi connectivity index (χ1) is 24.4. The van der Waals surface area contributed by atoms with Crippen LogP contribution in [0.4, 0.5) is 0 Å². The highest BCUT2D eigenvalue weighted by molar-refractivity contribution is 6.33. The lowest BCUT2D eigenvalue weighted by atomic mass is 9.44. The summed E-state index contributed by atoms with van der Waals surface area (Å²) in [7, 11) is 0. The number of rotatable bonds is 10. The molecule has 0 aliphatic heterocycles. The minimum atomic E-state index is -0.464. The molecular formula is C45H57ClO5. The summed E-state index contributed by atoms with van der Waals surface area (Å²) < 4.78 is 17.4. The predicted molar refractivity (Wildman–Crippen MR) is 206 cm³/mol. The van der Waals surface area contributed by atoms with Gasteiger partial charge in [-0.25, -0.2) is 9.59 Å². The van der Waals surface area contributed by atoms with Gasteiger partial charge in [0.1, 0.15) is 17.4 Å². The lowest BCUT2D eigenvalue weighted by Gasteiger charge is -2.61. The Hall–Kier alpha value is -3.05. The van der Waals surface area contributed by atoms with Gasteiger partial charge in [0.2, 0.25) is 0 Å². The first kappa shape index (κ1) is 36.3. The standard InChI is InChI=1S/C45H57ClO5/c1-28(2)10-9-11-29(3)31-14-17-37-34-16-15-32-22-33(18-21-45(32,5)38(34)19-20-44(37,4)26-31)50-43(48)27-49-41-25-40-36(23-39(41)46)35(24-42(47)51-40)30-12-7-6-8-13-30/h6-8,12-13,15,23-25,28-29,31,33-34,37-38H,9-11,14,16-22,26-27H2,1-5H3/t29-,31-,33+,34-,37+,38-,44-,45+/m1/s1. The first-order valence-corrected chi connectivity index (χ1v) is 20.2. The van der Waals surface area contributed by atoms with Crippen LogP contribution in [0.3, 0.4) is 0 Å². The second-order valence-electron chi connectivity index (χ2n) is 17.6. The van der Waals surface area contributed by atoms with Crippen LogP contribution in [0.15, 0.2) is 69.4 Å². The SMILES string of the molecule is CC(C)CCC[C@@H](C)[C@@H]1CC[C@H]2[C@H]3CC=C4C[C@@H](OC(=O)COc5cc6oc(=O)cc(-c7ccccc7)c6cc5Cl)CC[C@]4(C)[C@@H]3CC[C@]2(C)C1. The molecule has 8 atom stereocenters. The molecule has 3 aromatic rings. The van der Waals surface area contributed by atoms with Crippen molar-refractivity contribution in [2.24, 2.45) is 46.3 Å². The van der Waals surface area contributed by atoms with E-state index in [4.69, 9.17) is 25.5 Å². The molecule has 3 saturated carbocycles. The van der Waals surface area contributed by atoms with Crippen LogP contribution in [-0.2, 0) is 9.53 Å². The molecule has 51 heavy (non-hydrogen) atoms. The number of carbonyl (C=O) groups is 1. The number of hydrogen-bond donors (Lipinski definition) is 0. The summed E-state index contributed by atoms with van der Waals surface area (Å²) in [5.74, 6) is 4.76. The molecule has 5 nitrogen and oxygen atoms in total.